The Kier molecular flexibility index (Phi) is 7.12. The number of allylic oxidation sites excluding steroid dienone is 1. The van der Waals surface area contributed by atoms with Gasteiger partial charge in [0.1, 0.15) is 5.71 Å². The summed E-state index contributed by atoms with van der Waals surface area (Å²) in [4.78, 5) is 26.4. The zero-order chi connectivity index (χ0) is 20.7. The van der Waals surface area contributed by atoms with Crippen LogP contribution in [0.15, 0.2) is 35.4 Å². The molecule has 0 aliphatic rings. The van der Waals surface area contributed by atoms with Crippen molar-refractivity contribution in [3.05, 3.63) is 56.6 Å². The van der Waals surface area contributed by atoms with Crippen molar-refractivity contribution >= 4 is 57.2 Å². The van der Waals surface area contributed by atoms with Crippen molar-refractivity contribution in [1.29, 1.82) is 0 Å². The first kappa shape index (κ1) is 20.9. The number of aromatic nitrogens is 1. The van der Waals surface area contributed by atoms with Gasteiger partial charge in [0.25, 0.3) is 5.69 Å². The second kappa shape index (κ2) is 9.53. The van der Waals surface area contributed by atoms with Crippen LogP contribution in [0.2, 0.25) is 0 Å². The zero-order valence-corrected chi connectivity index (χ0v) is 16.6. The van der Waals surface area contributed by atoms with Crippen molar-refractivity contribution in [3.8, 4) is 0 Å². The Morgan fingerprint density at radius 2 is 2.07 bits per heavy atom. The van der Waals surface area contributed by atoms with Gasteiger partial charge in [0, 0.05) is 19.1 Å². The Bertz CT molecular complexity index is 952. The van der Waals surface area contributed by atoms with E-state index < -0.39 is 4.92 Å². The molecule has 0 fully saturated rings. The molecule has 12 heteroatoms. The fraction of sp³-hybridized carbons (Fsp3) is 0.125. The lowest BCUT2D eigenvalue weighted by Gasteiger charge is -2.02. The Hall–Kier alpha value is -3.38. The predicted octanol–water partition coefficient (Wildman–Crippen LogP) is 2.07. The van der Waals surface area contributed by atoms with E-state index in [1.807, 2.05) is 0 Å². The molecule has 0 atom stereocenters. The number of hydrazine groups is 1. The number of benzene rings is 1. The molecule has 1 aromatic heterocycles. The van der Waals surface area contributed by atoms with Gasteiger partial charge in [-0.25, -0.2) is 4.98 Å². The summed E-state index contributed by atoms with van der Waals surface area (Å²) in [6, 6.07) is 6.07. The number of carbonyl (C=O) groups is 1. The fourth-order valence-electron chi connectivity index (χ4n) is 1.99. The monoisotopic (exact) mass is 419 g/mol. The first-order valence-corrected chi connectivity index (χ1v) is 9.05. The highest BCUT2D eigenvalue weighted by molar-refractivity contribution is 7.80. The molecule has 2 rings (SSSR count). The van der Waals surface area contributed by atoms with E-state index in [0.29, 0.717) is 16.5 Å². The molecule has 5 N–H and O–H groups in total. The van der Waals surface area contributed by atoms with E-state index in [-0.39, 0.29) is 16.7 Å². The molecule has 28 heavy (non-hydrogen) atoms. The van der Waals surface area contributed by atoms with E-state index in [9.17, 15) is 14.9 Å². The number of nitrogens with zero attached hydrogens (tertiary/aromatic N) is 3. The summed E-state index contributed by atoms with van der Waals surface area (Å²) in [6.45, 7) is 3.17. The average Bonchev–Trinajstić information content (AvgIpc) is 3.01. The molecule has 1 amide bonds. The number of anilines is 1. The van der Waals surface area contributed by atoms with E-state index in [2.05, 4.69) is 26.4 Å². The quantitative estimate of drug-likeness (QED) is 0.231. The van der Waals surface area contributed by atoms with E-state index in [1.54, 1.807) is 31.2 Å². The van der Waals surface area contributed by atoms with Gasteiger partial charge >= 0.3 is 0 Å². The Balaban J connectivity index is 2.29. The molecule has 146 valence electrons. The Morgan fingerprint density at radius 3 is 2.64 bits per heavy atom. The highest BCUT2D eigenvalue weighted by Gasteiger charge is 2.13. The van der Waals surface area contributed by atoms with Gasteiger partial charge in [-0.05, 0) is 42.9 Å². The molecule has 2 aromatic rings. The number of thiazole rings is 1. The molecule has 0 aliphatic carbocycles. The standard InChI is InChI=1S/C16H17N7O3S2/c1-9-14(28-16(18-9)22-19-10(2)24)13(20-21-15(17)27)8-5-11-3-6-12(7-4-11)23(25)26/h3-8H,1-2H3,(H,18,22)(H,19,24)(H3,17,21,27)/b8-5+,20-13-. The van der Waals surface area contributed by atoms with Crippen LogP contribution >= 0.6 is 23.6 Å². The van der Waals surface area contributed by atoms with Crippen LogP contribution in [0.4, 0.5) is 10.8 Å². The maximum absolute atomic E-state index is 11.0. The van der Waals surface area contributed by atoms with Gasteiger partial charge < -0.3 is 5.73 Å². The minimum Gasteiger partial charge on any atom is -0.375 e. The van der Waals surface area contributed by atoms with Gasteiger partial charge in [0.15, 0.2) is 5.11 Å². The normalized spacial score (nSPS) is 11.3. The van der Waals surface area contributed by atoms with Crippen molar-refractivity contribution in [3.63, 3.8) is 0 Å². The van der Waals surface area contributed by atoms with Crippen LogP contribution in [0.3, 0.4) is 0 Å². The number of nitro groups is 1. The molecular weight excluding hydrogens is 402 g/mol. The smallest absolute Gasteiger partial charge is 0.269 e. The molecule has 0 saturated carbocycles. The maximum atomic E-state index is 11.0. The minimum atomic E-state index is -0.462. The van der Waals surface area contributed by atoms with Crippen molar-refractivity contribution in [2.24, 2.45) is 10.8 Å². The van der Waals surface area contributed by atoms with Crippen molar-refractivity contribution in [1.82, 2.24) is 15.8 Å². The van der Waals surface area contributed by atoms with Gasteiger partial charge in [-0.3, -0.25) is 31.2 Å². The van der Waals surface area contributed by atoms with E-state index in [0.717, 1.165) is 10.4 Å². The topological polar surface area (TPSA) is 148 Å². The molecule has 1 heterocycles. The number of nitro benzene ring substituents is 1. The molecule has 0 radical (unpaired) electrons. The minimum absolute atomic E-state index is 0.000000845. The number of carbonyl (C=O) groups excluding carboxylic acids is 1. The first-order chi connectivity index (χ1) is 13.3. The summed E-state index contributed by atoms with van der Waals surface area (Å²) < 4.78 is 0. The van der Waals surface area contributed by atoms with Gasteiger partial charge in [0.05, 0.1) is 15.5 Å². The number of hydrazone groups is 1. The Morgan fingerprint density at radius 1 is 1.39 bits per heavy atom. The fourth-order valence-corrected chi connectivity index (χ4v) is 2.93. The lowest BCUT2D eigenvalue weighted by Crippen LogP contribution is -2.26. The number of non-ortho nitro benzene ring substituents is 1. The molecule has 0 bridgehead atoms. The molecule has 0 saturated heterocycles. The van der Waals surface area contributed by atoms with Gasteiger partial charge in [-0.15, -0.1) is 0 Å². The molecule has 10 nitrogen and oxygen atoms in total. The third-order valence-electron chi connectivity index (χ3n) is 3.20. The SMILES string of the molecule is CC(=O)NNc1nc(C)c(C(/C=C/c2ccc([N+](=O)[O-])cc2)=N\NC(N)=S)s1. The van der Waals surface area contributed by atoms with Crippen LogP contribution in [-0.2, 0) is 4.79 Å². The molecule has 1 aromatic carbocycles. The summed E-state index contributed by atoms with van der Waals surface area (Å²) in [5, 5.41) is 15.4. The number of amides is 1. The van der Waals surface area contributed by atoms with Gasteiger partial charge in [-0.1, -0.05) is 17.4 Å². The second-order valence-electron chi connectivity index (χ2n) is 5.39. The number of hydrogen-bond acceptors (Lipinski definition) is 8. The van der Waals surface area contributed by atoms with Crippen LogP contribution < -0.4 is 22.0 Å². The molecule has 0 spiro atoms. The highest BCUT2D eigenvalue weighted by Crippen LogP contribution is 2.24. The average molecular weight is 419 g/mol. The highest BCUT2D eigenvalue weighted by atomic mass is 32.1. The van der Waals surface area contributed by atoms with Crippen LogP contribution in [-0.4, -0.2) is 26.6 Å². The summed E-state index contributed by atoms with van der Waals surface area (Å²) in [5.41, 5.74) is 15.1. The van der Waals surface area contributed by atoms with Gasteiger partial charge in [-0.2, -0.15) is 5.10 Å². The number of hydrogen-bond donors (Lipinski definition) is 4. The number of rotatable bonds is 7. The summed E-state index contributed by atoms with van der Waals surface area (Å²) in [7, 11) is 0. The number of nitrogens with one attached hydrogen (secondary N) is 3. The predicted molar refractivity (Wildman–Crippen MR) is 113 cm³/mol. The van der Waals surface area contributed by atoms with E-state index in [1.165, 1.54) is 30.4 Å². The number of thiocarbonyl (C=S) groups is 1. The first-order valence-electron chi connectivity index (χ1n) is 7.82. The van der Waals surface area contributed by atoms with Crippen molar-refractivity contribution in [2.75, 3.05) is 5.43 Å². The third-order valence-corrected chi connectivity index (χ3v) is 4.39. The zero-order valence-electron chi connectivity index (χ0n) is 14.9. The Labute approximate surface area is 169 Å². The second-order valence-corrected chi connectivity index (χ2v) is 6.83. The van der Waals surface area contributed by atoms with Gasteiger partial charge in [0.2, 0.25) is 11.0 Å². The lowest BCUT2D eigenvalue weighted by atomic mass is 10.1. The van der Waals surface area contributed by atoms with Crippen LogP contribution in [0, 0.1) is 17.0 Å². The maximum Gasteiger partial charge on any atom is 0.269 e. The molecule has 0 aliphatic heterocycles. The van der Waals surface area contributed by atoms with Crippen molar-refractivity contribution in [2.45, 2.75) is 13.8 Å². The van der Waals surface area contributed by atoms with Crippen molar-refractivity contribution < 1.29 is 9.72 Å². The largest absolute Gasteiger partial charge is 0.375 e. The lowest BCUT2D eigenvalue weighted by molar-refractivity contribution is -0.384. The van der Waals surface area contributed by atoms with Crippen LogP contribution in [0.5, 0.6) is 0 Å². The summed E-state index contributed by atoms with van der Waals surface area (Å²) in [5.74, 6) is -0.253. The number of nitrogens with two attached hydrogens (primary N) is 1. The molecular formula is C16H17N7O3S2. The summed E-state index contributed by atoms with van der Waals surface area (Å²) >= 11 is 6.06. The van der Waals surface area contributed by atoms with E-state index in [4.69, 9.17) is 18.0 Å². The van der Waals surface area contributed by atoms with Crippen LogP contribution in [0.1, 0.15) is 23.1 Å². The number of aryl methyl sites for hydroxylation is 1. The third kappa shape index (κ3) is 6.10. The molecule has 0 unspecified atom stereocenters. The summed E-state index contributed by atoms with van der Waals surface area (Å²) in [6.07, 6.45) is 3.44. The van der Waals surface area contributed by atoms with Crippen LogP contribution in [0.25, 0.3) is 6.08 Å². The van der Waals surface area contributed by atoms with E-state index >= 15 is 0 Å².